The normalized spacial score (nSPS) is 16.6. The molecule has 0 spiro atoms. The molecule has 1 aromatic rings. The van der Waals surface area contributed by atoms with Gasteiger partial charge in [0.1, 0.15) is 5.82 Å². The summed E-state index contributed by atoms with van der Waals surface area (Å²) in [5, 5.41) is 9.44. The molecule has 4 nitrogen and oxygen atoms in total. The highest BCUT2D eigenvalue weighted by atomic mass is 16.3. The van der Waals surface area contributed by atoms with Crippen LogP contribution in [0.1, 0.15) is 50.5 Å². The first-order valence-electron chi connectivity index (χ1n) is 6.44. The molecule has 0 unspecified atom stereocenters. The first-order chi connectivity index (χ1) is 8.22. The Bertz CT molecular complexity index is 373. The highest BCUT2D eigenvalue weighted by Gasteiger charge is 2.16. The van der Waals surface area contributed by atoms with E-state index in [-0.39, 0.29) is 6.61 Å². The number of aliphatic hydroxyl groups excluding tert-OH is 1. The summed E-state index contributed by atoms with van der Waals surface area (Å²) in [5.41, 5.74) is 1.78. The van der Waals surface area contributed by atoms with Gasteiger partial charge in [0.05, 0.1) is 24.2 Å². The lowest BCUT2D eigenvalue weighted by Gasteiger charge is -2.29. The molecule has 1 aliphatic heterocycles. The number of aromatic nitrogens is 2. The SMILES string of the molecule is CC(C)c1ncc(N2CCCCC2)c(CO)n1. The van der Waals surface area contributed by atoms with Gasteiger partial charge in [0.25, 0.3) is 0 Å². The molecule has 0 radical (unpaired) electrons. The largest absolute Gasteiger partial charge is 0.390 e. The van der Waals surface area contributed by atoms with E-state index in [1.165, 1.54) is 19.3 Å². The van der Waals surface area contributed by atoms with E-state index in [1.807, 2.05) is 6.20 Å². The lowest BCUT2D eigenvalue weighted by Crippen LogP contribution is -2.30. The van der Waals surface area contributed by atoms with Crippen molar-refractivity contribution in [2.24, 2.45) is 0 Å². The quantitative estimate of drug-likeness (QED) is 0.871. The van der Waals surface area contributed by atoms with Gasteiger partial charge in [0.15, 0.2) is 0 Å². The van der Waals surface area contributed by atoms with Crippen LogP contribution in [-0.4, -0.2) is 28.2 Å². The van der Waals surface area contributed by atoms with Crippen molar-refractivity contribution in [2.75, 3.05) is 18.0 Å². The van der Waals surface area contributed by atoms with Crippen LogP contribution in [0, 0.1) is 0 Å². The van der Waals surface area contributed by atoms with Gasteiger partial charge in [-0.3, -0.25) is 0 Å². The molecule has 0 saturated carbocycles. The van der Waals surface area contributed by atoms with Gasteiger partial charge in [-0.1, -0.05) is 13.8 Å². The summed E-state index contributed by atoms with van der Waals surface area (Å²) >= 11 is 0. The van der Waals surface area contributed by atoms with Gasteiger partial charge in [-0.15, -0.1) is 0 Å². The van der Waals surface area contributed by atoms with Crippen LogP contribution >= 0.6 is 0 Å². The minimum Gasteiger partial charge on any atom is -0.390 e. The fraction of sp³-hybridized carbons (Fsp3) is 0.692. The van der Waals surface area contributed by atoms with Crippen LogP contribution in [0.3, 0.4) is 0 Å². The molecule has 2 heterocycles. The van der Waals surface area contributed by atoms with E-state index in [0.717, 1.165) is 30.3 Å². The first-order valence-corrected chi connectivity index (χ1v) is 6.44. The van der Waals surface area contributed by atoms with E-state index in [1.54, 1.807) is 0 Å². The second kappa shape index (κ2) is 5.45. The topological polar surface area (TPSA) is 49.2 Å². The van der Waals surface area contributed by atoms with Gasteiger partial charge in [-0.05, 0) is 19.3 Å². The molecule has 0 aromatic carbocycles. The maximum absolute atomic E-state index is 9.44. The van der Waals surface area contributed by atoms with Gasteiger partial charge < -0.3 is 10.0 Å². The monoisotopic (exact) mass is 235 g/mol. The zero-order chi connectivity index (χ0) is 12.3. The number of hydrogen-bond acceptors (Lipinski definition) is 4. The van der Waals surface area contributed by atoms with Gasteiger partial charge in [0.2, 0.25) is 0 Å². The molecule has 0 amide bonds. The molecule has 17 heavy (non-hydrogen) atoms. The molecule has 1 aliphatic rings. The Hall–Kier alpha value is -1.16. The minimum atomic E-state index is -0.00588. The van der Waals surface area contributed by atoms with Crippen LogP contribution in [0.4, 0.5) is 5.69 Å². The van der Waals surface area contributed by atoms with Gasteiger partial charge >= 0.3 is 0 Å². The smallest absolute Gasteiger partial charge is 0.131 e. The van der Waals surface area contributed by atoms with E-state index in [9.17, 15) is 5.11 Å². The third-order valence-corrected chi connectivity index (χ3v) is 3.23. The van der Waals surface area contributed by atoms with Crippen LogP contribution < -0.4 is 4.90 Å². The fourth-order valence-corrected chi connectivity index (χ4v) is 2.22. The molecule has 1 N–H and O–H groups in total. The summed E-state index contributed by atoms with van der Waals surface area (Å²) in [5.74, 6) is 1.12. The molecule has 1 fully saturated rings. The van der Waals surface area contributed by atoms with E-state index in [2.05, 4.69) is 28.7 Å². The first kappa shape index (κ1) is 12.3. The standard InChI is InChI=1S/C13H21N3O/c1-10(2)13-14-8-12(11(9-17)15-13)16-6-4-3-5-7-16/h8,10,17H,3-7,9H2,1-2H3. The molecule has 2 rings (SSSR count). The summed E-state index contributed by atoms with van der Waals surface area (Å²) in [6.45, 7) is 6.23. The average Bonchev–Trinajstić information content (AvgIpc) is 2.39. The summed E-state index contributed by atoms with van der Waals surface area (Å²) in [6.07, 6.45) is 5.61. The predicted octanol–water partition coefficient (Wildman–Crippen LogP) is 2.08. The van der Waals surface area contributed by atoms with E-state index >= 15 is 0 Å². The zero-order valence-electron chi connectivity index (χ0n) is 10.7. The molecule has 1 aromatic heterocycles. The number of nitrogens with zero attached hydrogens (tertiary/aromatic N) is 3. The minimum absolute atomic E-state index is 0.00588. The Balaban J connectivity index is 2.26. The molecular weight excluding hydrogens is 214 g/mol. The number of piperidine rings is 1. The van der Waals surface area contributed by atoms with Crippen LogP contribution in [-0.2, 0) is 6.61 Å². The summed E-state index contributed by atoms with van der Waals surface area (Å²) in [4.78, 5) is 11.2. The zero-order valence-corrected chi connectivity index (χ0v) is 10.7. The summed E-state index contributed by atoms with van der Waals surface area (Å²) in [7, 11) is 0. The Morgan fingerprint density at radius 2 is 2.00 bits per heavy atom. The van der Waals surface area contributed by atoms with Crippen molar-refractivity contribution in [3.05, 3.63) is 17.7 Å². The van der Waals surface area contributed by atoms with Crippen molar-refractivity contribution in [3.8, 4) is 0 Å². The highest BCUT2D eigenvalue weighted by Crippen LogP contribution is 2.23. The molecule has 94 valence electrons. The van der Waals surface area contributed by atoms with Crippen molar-refractivity contribution in [2.45, 2.75) is 45.6 Å². The predicted molar refractivity (Wildman–Crippen MR) is 68.1 cm³/mol. The van der Waals surface area contributed by atoms with Crippen molar-refractivity contribution in [1.82, 2.24) is 9.97 Å². The lowest BCUT2D eigenvalue weighted by atomic mass is 10.1. The number of rotatable bonds is 3. The maximum Gasteiger partial charge on any atom is 0.131 e. The molecule has 1 saturated heterocycles. The van der Waals surface area contributed by atoms with Crippen molar-refractivity contribution in [1.29, 1.82) is 0 Å². The number of hydrogen-bond donors (Lipinski definition) is 1. The number of aliphatic hydroxyl groups is 1. The second-order valence-electron chi connectivity index (χ2n) is 4.92. The van der Waals surface area contributed by atoms with Crippen LogP contribution in [0.2, 0.25) is 0 Å². The third-order valence-electron chi connectivity index (χ3n) is 3.23. The van der Waals surface area contributed by atoms with E-state index in [0.29, 0.717) is 5.92 Å². The molecule has 0 atom stereocenters. The van der Waals surface area contributed by atoms with E-state index < -0.39 is 0 Å². The summed E-state index contributed by atoms with van der Waals surface area (Å²) in [6, 6.07) is 0. The van der Waals surface area contributed by atoms with Gasteiger partial charge in [-0.2, -0.15) is 0 Å². The molecule has 0 bridgehead atoms. The highest BCUT2D eigenvalue weighted by molar-refractivity contribution is 5.49. The molecule has 4 heteroatoms. The Labute approximate surface area is 103 Å². The van der Waals surface area contributed by atoms with Gasteiger partial charge in [-0.25, -0.2) is 9.97 Å². The van der Waals surface area contributed by atoms with Crippen molar-refractivity contribution in [3.63, 3.8) is 0 Å². The fourth-order valence-electron chi connectivity index (χ4n) is 2.22. The third kappa shape index (κ3) is 2.75. The summed E-state index contributed by atoms with van der Waals surface area (Å²) < 4.78 is 0. The van der Waals surface area contributed by atoms with Crippen LogP contribution in [0.15, 0.2) is 6.20 Å². The number of anilines is 1. The van der Waals surface area contributed by atoms with Crippen LogP contribution in [0.5, 0.6) is 0 Å². The van der Waals surface area contributed by atoms with Crippen molar-refractivity contribution < 1.29 is 5.11 Å². The molecule has 0 aliphatic carbocycles. The Morgan fingerprint density at radius 3 is 2.59 bits per heavy atom. The van der Waals surface area contributed by atoms with Crippen LogP contribution in [0.25, 0.3) is 0 Å². The Morgan fingerprint density at radius 1 is 1.29 bits per heavy atom. The maximum atomic E-state index is 9.44. The second-order valence-corrected chi connectivity index (χ2v) is 4.92. The Kier molecular flexibility index (Phi) is 3.94. The van der Waals surface area contributed by atoms with E-state index in [4.69, 9.17) is 0 Å². The van der Waals surface area contributed by atoms with Crippen molar-refractivity contribution >= 4 is 5.69 Å². The lowest BCUT2D eigenvalue weighted by molar-refractivity contribution is 0.276. The molecular formula is C13H21N3O. The van der Waals surface area contributed by atoms with Gasteiger partial charge in [0, 0.05) is 19.0 Å². The average molecular weight is 235 g/mol.